The number of aromatic nitrogens is 4. The lowest BCUT2D eigenvalue weighted by Crippen LogP contribution is -1.92. The summed E-state index contributed by atoms with van der Waals surface area (Å²) in [4.78, 5) is 4.39. The van der Waals surface area contributed by atoms with Gasteiger partial charge >= 0.3 is 0 Å². The van der Waals surface area contributed by atoms with Gasteiger partial charge in [-0.1, -0.05) is 23.4 Å². The fourth-order valence-corrected chi connectivity index (χ4v) is 2.57. The zero-order valence-electron chi connectivity index (χ0n) is 14.7. The molecule has 27 heavy (non-hydrogen) atoms. The number of rotatable bonds is 6. The summed E-state index contributed by atoms with van der Waals surface area (Å²) in [5.41, 5.74) is 1.60. The van der Waals surface area contributed by atoms with Gasteiger partial charge in [-0.25, -0.2) is 0 Å². The molecular formula is C19H16N4O4. The fourth-order valence-electron chi connectivity index (χ4n) is 2.57. The molecule has 4 aromatic rings. The molecular weight excluding hydrogens is 348 g/mol. The van der Waals surface area contributed by atoms with Crippen molar-refractivity contribution in [3.63, 3.8) is 0 Å². The number of ether oxygens (including phenoxy) is 2. The van der Waals surface area contributed by atoms with Crippen molar-refractivity contribution in [2.45, 2.75) is 6.42 Å². The zero-order chi connectivity index (χ0) is 18.6. The SMILES string of the molecule is COc1ccc(-c2noc(Cc3nnc(-c4ccccc4)o3)n2)cc1OC. The van der Waals surface area contributed by atoms with E-state index >= 15 is 0 Å². The van der Waals surface area contributed by atoms with Crippen molar-refractivity contribution in [2.75, 3.05) is 14.2 Å². The Kier molecular flexibility index (Phi) is 4.52. The normalized spacial score (nSPS) is 10.7. The van der Waals surface area contributed by atoms with Crippen LogP contribution in [0.2, 0.25) is 0 Å². The first-order valence-corrected chi connectivity index (χ1v) is 8.19. The summed E-state index contributed by atoms with van der Waals surface area (Å²) in [6.07, 6.45) is 0.250. The Labute approximate surface area is 154 Å². The largest absolute Gasteiger partial charge is 0.493 e. The highest BCUT2D eigenvalue weighted by Gasteiger charge is 2.15. The topological polar surface area (TPSA) is 96.3 Å². The average molecular weight is 364 g/mol. The lowest BCUT2D eigenvalue weighted by Gasteiger charge is -2.07. The average Bonchev–Trinajstić information content (AvgIpc) is 3.38. The first-order valence-electron chi connectivity index (χ1n) is 8.19. The molecule has 0 bridgehead atoms. The predicted octanol–water partition coefficient (Wildman–Crippen LogP) is 3.39. The van der Waals surface area contributed by atoms with Gasteiger partial charge in [0, 0.05) is 11.1 Å². The maximum Gasteiger partial charge on any atom is 0.247 e. The molecule has 0 aliphatic rings. The smallest absolute Gasteiger partial charge is 0.247 e. The van der Waals surface area contributed by atoms with Crippen LogP contribution in [0, 0.1) is 0 Å². The summed E-state index contributed by atoms with van der Waals surface area (Å²) in [5, 5.41) is 12.1. The van der Waals surface area contributed by atoms with Crippen molar-refractivity contribution < 1.29 is 18.4 Å². The Hall–Kier alpha value is -3.68. The number of hydrogen-bond donors (Lipinski definition) is 0. The van der Waals surface area contributed by atoms with Crippen LogP contribution in [0.4, 0.5) is 0 Å². The van der Waals surface area contributed by atoms with E-state index in [2.05, 4.69) is 20.3 Å². The van der Waals surface area contributed by atoms with Crippen LogP contribution < -0.4 is 9.47 Å². The van der Waals surface area contributed by atoms with Gasteiger partial charge in [0.15, 0.2) is 11.5 Å². The summed E-state index contributed by atoms with van der Waals surface area (Å²) >= 11 is 0. The van der Waals surface area contributed by atoms with Gasteiger partial charge in [-0.3, -0.25) is 0 Å². The van der Waals surface area contributed by atoms with Crippen LogP contribution in [0.15, 0.2) is 57.5 Å². The molecule has 0 radical (unpaired) electrons. The molecule has 2 heterocycles. The van der Waals surface area contributed by atoms with Crippen LogP contribution in [0.3, 0.4) is 0 Å². The van der Waals surface area contributed by atoms with Gasteiger partial charge in [-0.2, -0.15) is 4.98 Å². The first-order chi connectivity index (χ1) is 13.3. The quantitative estimate of drug-likeness (QED) is 0.514. The minimum absolute atomic E-state index is 0.250. The van der Waals surface area contributed by atoms with Gasteiger partial charge in [0.2, 0.25) is 23.5 Å². The number of nitrogens with zero attached hydrogens (tertiary/aromatic N) is 4. The fraction of sp³-hybridized carbons (Fsp3) is 0.158. The molecule has 8 nitrogen and oxygen atoms in total. The number of benzene rings is 2. The summed E-state index contributed by atoms with van der Waals surface area (Å²) in [5.74, 6) is 2.88. The number of hydrogen-bond acceptors (Lipinski definition) is 8. The highest BCUT2D eigenvalue weighted by atomic mass is 16.5. The van der Waals surface area contributed by atoms with Gasteiger partial charge in [-0.15, -0.1) is 10.2 Å². The molecule has 8 heteroatoms. The van der Waals surface area contributed by atoms with Crippen molar-refractivity contribution in [2.24, 2.45) is 0 Å². The minimum Gasteiger partial charge on any atom is -0.493 e. The number of methoxy groups -OCH3 is 2. The van der Waals surface area contributed by atoms with E-state index in [9.17, 15) is 0 Å². The van der Waals surface area contributed by atoms with Crippen molar-refractivity contribution >= 4 is 0 Å². The zero-order valence-corrected chi connectivity index (χ0v) is 14.7. The third kappa shape index (κ3) is 3.50. The molecule has 0 aliphatic heterocycles. The van der Waals surface area contributed by atoms with Gasteiger partial charge in [0.25, 0.3) is 0 Å². The third-order valence-electron chi connectivity index (χ3n) is 3.90. The lowest BCUT2D eigenvalue weighted by molar-refractivity contribution is 0.355. The standard InChI is InChI=1S/C19H16N4O4/c1-24-14-9-8-13(10-15(14)25-2)18-20-16(27-23-18)11-17-21-22-19(26-17)12-6-4-3-5-7-12/h3-10H,11H2,1-2H3. The van der Waals surface area contributed by atoms with E-state index in [1.807, 2.05) is 36.4 Å². The predicted molar refractivity (Wildman–Crippen MR) is 95.4 cm³/mol. The second-order valence-corrected chi connectivity index (χ2v) is 5.63. The third-order valence-corrected chi connectivity index (χ3v) is 3.90. The Morgan fingerprint density at radius 1 is 0.852 bits per heavy atom. The summed E-state index contributed by atoms with van der Waals surface area (Å²) < 4.78 is 21.5. The van der Waals surface area contributed by atoms with Crippen molar-refractivity contribution in [1.82, 2.24) is 20.3 Å². The van der Waals surface area contributed by atoms with E-state index in [4.69, 9.17) is 18.4 Å². The summed E-state index contributed by atoms with van der Waals surface area (Å²) in [6, 6.07) is 14.9. The lowest BCUT2D eigenvalue weighted by atomic mass is 10.2. The first kappa shape index (κ1) is 16.8. The van der Waals surface area contributed by atoms with Crippen LogP contribution in [-0.4, -0.2) is 34.6 Å². The van der Waals surface area contributed by atoms with Crippen molar-refractivity contribution in [1.29, 1.82) is 0 Å². The van der Waals surface area contributed by atoms with Crippen LogP contribution in [0.25, 0.3) is 22.8 Å². The van der Waals surface area contributed by atoms with Crippen LogP contribution in [0.1, 0.15) is 11.8 Å². The van der Waals surface area contributed by atoms with Gasteiger partial charge in [-0.05, 0) is 30.3 Å². The Bertz CT molecular complexity index is 1040. The van der Waals surface area contributed by atoms with Crippen LogP contribution in [-0.2, 0) is 6.42 Å². The molecule has 0 saturated carbocycles. The maximum atomic E-state index is 5.67. The maximum absolute atomic E-state index is 5.67. The Morgan fingerprint density at radius 3 is 2.44 bits per heavy atom. The van der Waals surface area contributed by atoms with Crippen molar-refractivity contribution in [3.05, 3.63) is 60.3 Å². The molecule has 0 fully saturated rings. The van der Waals surface area contributed by atoms with E-state index in [1.54, 1.807) is 26.4 Å². The molecule has 136 valence electrons. The molecule has 0 saturated heterocycles. The monoisotopic (exact) mass is 364 g/mol. The summed E-state index contributed by atoms with van der Waals surface area (Å²) in [7, 11) is 3.15. The van der Waals surface area contributed by atoms with Crippen molar-refractivity contribution in [3.8, 4) is 34.3 Å². The van der Waals surface area contributed by atoms with Crippen LogP contribution in [0.5, 0.6) is 11.5 Å². The van der Waals surface area contributed by atoms with E-state index in [0.717, 1.165) is 11.1 Å². The van der Waals surface area contributed by atoms with Gasteiger partial charge in [0.05, 0.1) is 14.2 Å². The molecule has 0 spiro atoms. The van der Waals surface area contributed by atoms with E-state index in [1.165, 1.54) is 0 Å². The van der Waals surface area contributed by atoms with Gasteiger partial charge in [0.1, 0.15) is 6.42 Å². The molecule has 4 rings (SSSR count). The molecule has 0 atom stereocenters. The highest BCUT2D eigenvalue weighted by molar-refractivity contribution is 5.60. The molecule has 0 N–H and O–H groups in total. The van der Waals surface area contributed by atoms with E-state index < -0.39 is 0 Å². The molecule has 0 unspecified atom stereocenters. The summed E-state index contributed by atoms with van der Waals surface area (Å²) in [6.45, 7) is 0. The van der Waals surface area contributed by atoms with Gasteiger partial charge < -0.3 is 18.4 Å². The minimum atomic E-state index is 0.250. The van der Waals surface area contributed by atoms with E-state index in [0.29, 0.717) is 35.0 Å². The molecule has 0 amide bonds. The van der Waals surface area contributed by atoms with Crippen LogP contribution >= 0.6 is 0 Å². The second kappa shape index (κ2) is 7.28. The second-order valence-electron chi connectivity index (χ2n) is 5.63. The van der Waals surface area contributed by atoms with E-state index in [-0.39, 0.29) is 6.42 Å². The molecule has 0 aliphatic carbocycles. The molecule has 2 aromatic heterocycles. The Balaban J connectivity index is 1.53. The molecule has 2 aromatic carbocycles. The highest BCUT2D eigenvalue weighted by Crippen LogP contribution is 2.31. The Morgan fingerprint density at radius 2 is 1.67 bits per heavy atom.